The number of aryl methyl sites for hydroxylation is 1. The van der Waals surface area contributed by atoms with E-state index in [4.69, 9.17) is 4.74 Å². The summed E-state index contributed by atoms with van der Waals surface area (Å²) in [6.45, 7) is 5.58. The highest BCUT2D eigenvalue weighted by Gasteiger charge is 2.24. The predicted molar refractivity (Wildman–Crippen MR) is 97.2 cm³/mol. The van der Waals surface area contributed by atoms with E-state index in [0.29, 0.717) is 22.0 Å². The molecule has 0 spiro atoms. The van der Waals surface area contributed by atoms with Crippen molar-refractivity contribution in [2.75, 3.05) is 7.11 Å². The maximum Gasteiger partial charge on any atom is 0.326 e. The molecule has 0 aliphatic carbocycles. The van der Waals surface area contributed by atoms with Crippen molar-refractivity contribution >= 4 is 23.2 Å². The lowest BCUT2D eigenvalue weighted by atomic mass is 10.0. The Bertz CT molecular complexity index is 753. The second-order valence-electron chi connectivity index (χ2n) is 6.16. The highest BCUT2D eigenvalue weighted by molar-refractivity contribution is 7.17. The summed E-state index contributed by atoms with van der Waals surface area (Å²) in [5.41, 5.74) is 1.46. The monoisotopic (exact) mass is 362 g/mol. The molecule has 0 saturated carbocycles. The van der Waals surface area contributed by atoms with Gasteiger partial charge in [-0.3, -0.25) is 4.79 Å². The Morgan fingerprint density at radius 1 is 1.28 bits per heavy atom. The van der Waals surface area contributed by atoms with Crippen LogP contribution in [0.25, 0.3) is 10.6 Å². The summed E-state index contributed by atoms with van der Waals surface area (Å²) in [5.74, 6) is -0.519. The van der Waals surface area contributed by atoms with Crippen molar-refractivity contribution in [3.63, 3.8) is 0 Å². The molecule has 1 aromatic heterocycles. The number of hydrogen-bond acceptors (Lipinski definition) is 5. The van der Waals surface area contributed by atoms with Gasteiger partial charge in [-0.1, -0.05) is 13.8 Å². The molecule has 25 heavy (non-hydrogen) atoms. The number of rotatable bonds is 7. The number of aromatic nitrogens is 1. The van der Waals surface area contributed by atoms with Gasteiger partial charge in [0.1, 0.15) is 21.7 Å². The van der Waals surface area contributed by atoms with Gasteiger partial charge in [0.15, 0.2) is 0 Å². The molecule has 2 rings (SSSR count). The fourth-order valence-corrected chi connectivity index (χ4v) is 3.36. The number of carboxylic acids is 1. The third kappa shape index (κ3) is 4.79. The molecule has 2 N–H and O–H groups in total. The number of thiazole rings is 1. The number of ether oxygens (including phenoxy) is 1. The van der Waals surface area contributed by atoms with Gasteiger partial charge in [-0.15, -0.1) is 11.3 Å². The fraction of sp³-hybridized carbons (Fsp3) is 0.389. The van der Waals surface area contributed by atoms with Crippen molar-refractivity contribution in [2.24, 2.45) is 5.92 Å². The van der Waals surface area contributed by atoms with E-state index in [1.807, 2.05) is 38.1 Å². The normalized spacial score (nSPS) is 12.0. The van der Waals surface area contributed by atoms with Gasteiger partial charge in [0.05, 0.1) is 12.8 Å². The van der Waals surface area contributed by atoms with E-state index in [1.54, 1.807) is 14.0 Å². The van der Waals surface area contributed by atoms with Gasteiger partial charge in [0.25, 0.3) is 5.91 Å². The highest BCUT2D eigenvalue weighted by Crippen LogP contribution is 2.29. The van der Waals surface area contributed by atoms with Gasteiger partial charge >= 0.3 is 5.97 Å². The number of aliphatic carboxylic acids is 1. The molecular formula is C18H22N2O4S. The first kappa shape index (κ1) is 18.9. The molecule has 0 aliphatic heterocycles. The zero-order chi connectivity index (χ0) is 18.6. The summed E-state index contributed by atoms with van der Waals surface area (Å²) in [6, 6.07) is 6.50. The first-order chi connectivity index (χ1) is 11.8. The molecule has 1 atom stereocenters. The van der Waals surface area contributed by atoms with Gasteiger partial charge < -0.3 is 15.2 Å². The zero-order valence-corrected chi connectivity index (χ0v) is 15.5. The minimum absolute atomic E-state index is 0.166. The minimum atomic E-state index is -1.03. The lowest BCUT2D eigenvalue weighted by molar-refractivity contribution is -0.139. The molecule has 0 saturated heterocycles. The summed E-state index contributed by atoms with van der Waals surface area (Å²) in [5, 5.41) is 12.6. The van der Waals surface area contributed by atoms with Crippen molar-refractivity contribution in [3.05, 3.63) is 34.8 Å². The van der Waals surface area contributed by atoms with E-state index in [9.17, 15) is 14.7 Å². The van der Waals surface area contributed by atoms with Gasteiger partial charge in [-0.25, -0.2) is 9.78 Å². The van der Waals surface area contributed by atoms with Crippen LogP contribution in [-0.2, 0) is 4.79 Å². The molecule has 0 aliphatic rings. The minimum Gasteiger partial charge on any atom is -0.497 e. The van der Waals surface area contributed by atoms with Crippen LogP contribution >= 0.6 is 11.3 Å². The van der Waals surface area contributed by atoms with Crippen LogP contribution in [-0.4, -0.2) is 35.1 Å². The average molecular weight is 362 g/mol. The predicted octanol–water partition coefficient (Wildman–Crippen LogP) is 3.36. The van der Waals surface area contributed by atoms with Gasteiger partial charge in [-0.2, -0.15) is 0 Å². The van der Waals surface area contributed by atoms with Gasteiger partial charge in [0.2, 0.25) is 0 Å². The zero-order valence-electron chi connectivity index (χ0n) is 14.7. The van der Waals surface area contributed by atoms with Crippen LogP contribution < -0.4 is 10.1 Å². The molecule has 0 radical (unpaired) electrons. The molecule has 1 aromatic carbocycles. The largest absolute Gasteiger partial charge is 0.497 e. The fourth-order valence-electron chi connectivity index (χ4n) is 2.38. The van der Waals surface area contributed by atoms with Crippen LogP contribution in [0.4, 0.5) is 0 Å². The number of amides is 1. The molecule has 1 amide bonds. The molecule has 7 heteroatoms. The second kappa shape index (κ2) is 8.11. The molecule has 6 nitrogen and oxygen atoms in total. The van der Waals surface area contributed by atoms with Crippen molar-refractivity contribution in [1.82, 2.24) is 10.3 Å². The van der Waals surface area contributed by atoms with Crippen LogP contribution in [0.15, 0.2) is 24.3 Å². The molecule has 0 bridgehead atoms. The average Bonchev–Trinajstić information content (AvgIpc) is 2.95. The number of benzene rings is 1. The molecular weight excluding hydrogens is 340 g/mol. The van der Waals surface area contributed by atoms with E-state index in [-0.39, 0.29) is 5.92 Å². The summed E-state index contributed by atoms with van der Waals surface area (Å²) < 4.78 is 5.13. The SMILES string of the molecule is COc1ccc(-c2nc(C)c(C(=O)N[C@@H](CC(C)C)C(=O)O)s2)cc1. The van der Waals surface area contributed by atoms with Crippen molar-refractivity contribution in [1.29, 1.82) is 0 Å². The number of nitrogens with zero attached hydrogens (tertiary/aromatic N) is 1. The lowest BCUT2D eigenvalue weighted by Gasteiger charge is -2.15. The molecule has 0 unspecified atom stereocenters. The third-order valence-electron chi connectivity index (χ3n) is 3.65. The van der Waals surface area contributed by atoms with E-state index in [0.717, 1.165) is 11.3 Å². The van der Waals surface area contributed by atoms with Gasteiger partial charge in [0, 0.05) is 5.56 Å². The Morgan fingerprint density at radius 3 is 2.44 bits per heavy atom. The van der Waals surface area contributed by atoms with Crippen molar-refractivity contribution in [3.8, 4) is 16.3 Å². The number of nitrogens with one attached hydrogen (secondary N) is 1. The maximum absolute atomic E-state index is 12.5. The number of hydrogen-bond donors (Lipinski definition) is 2. The standard InChI is InChI=1S/C18H22N2O4S/c1-10(2)9-14(18(22)23)20-16(21)15-11(3)19-17(25-15)12-5-7-13(24-4)8-6-12/h5-8,10,14H,9H2,1-4H3,(H,20,21)(H,22,23)/t14-/m0/s1. The molecule has 0 fully saturated rings. The lowest BCUT2D eigenvalue weighted by Crippen LogP contribution is -2.41. The number of carbonyl (C=O) groups is 2. The summed E-state index contributed by atoms with van der Waals surface area (Å²) >= 11 is 1.25. The molecule has 2 aromatic rings. The van der Waals surface area contributed by atoms with E-state index < -0.39 is 17.9 Å². The summed E-state index contributed by atoms with van der Waals surface area (Å²) in [6.07, 6.45) is 0.379. The molecule has 134 valence electrons. The summed E-state index contributed by atoms with van der Waals surface area (Å²) in [4.78, 5) is 28.7. The smallest absolute Gasteiger partial charge is 0.326 e. The van der Waals surface area contributed by atoms with E-state index in [1.165, 1.54) is 11.3 Å². The Labute approximate surface area is 150 Å². The summed E-state index contributed by atoms with van der Waals surface area (Å²) in [7, 11) is 1.60. The topological polar surface area (TPSA) is 88.5 Å². The van der Waals surface area contributed by atoms with Crippen LogP contribution in [0.3, 0.4) is 0 Å². The number of carboxylic acid groups (broad SMARTS) is 1. The third-order valence-corrected chi connectivity index (χ3v) is 4.86. The van der Waals surface area contributed by atoms with E-state index in [2.05, 4.69) is 10.3 Å². The number of methoxy groups -OCH3 is 1. The maximum atomic E-state index is 12.5. The Kier molecular flexibility index (Phi) is 6.14. The van der Waals surface area contributed by atoms with Gasteiger partial charge in [-0.05, 0) is 43.5 Å². The highest BCUT2D eigenvalue weighted by atomic mass is 32.1. The Hall–Kier alpha value is -2.41. The van der Waals surface area contributed by atoms with Crippen LogP contribution in [0.2, 0.25) is 0 Å². The number of carbonyl (C=O) groups excluding carboxylic acids is 1. The van der Waals surface area contributed by atoms with Crippen LogP contribution in [0.1, 0.15) is 35.6 Å². The quantitative estimate of drug-likeness (QED) is 0.788. The van der Waals surface area contributed by atoms with E-state index >= 15 is 0 Å². The first-order valence-electron chi connectivity index (χ1n) is 7.97. The van der Waals surface area contributed by atoms with Crippen LogP contribution in [0.5, 0.6) is 5.75 Å². The second-order valence-corrected chi connectivity index (χ2v) is 7.15. The van der Waals surface area contributed by atoms with Crippen molar-refractivity contribution in [2.45, 2.75) is 33.2 Å². The van der Waals surface area contributed by atoms with Crippen LogP contribution in [0, 0.1) is 12.8 Å². The Balaban J connectivity index is 2.20. The Morgan fingerprint density at radius 2 is 1.92 bits per heavy atom. The van der Waals surface area contributed by atoms with Crippen molar-refractivity contribution < 1.29 is 19.4 Å². The molecule has 1 heterocycles. The first-order valence-corrected chi connectivity index (χ1v) is 8.79.